The molecule has 154 valence electrons. The molecule has 0 spiro atoms. The Morgan fingerprint density at radius 2 is 1.90 bits per heavy atom. The van der Waals surface area contributed by atoms with Crippen LogP contribution in [0.1, 0.15) is 48.7 Å². The fraction of sp³-hybridized carbons (Fsp3) is 0.522. The molecule has 1 N–H and O–H groups in total. The minimum Gasteiger partial charge on any atom is -0.336 e. The van der Waals surface area contributed by atoms with Crippen molar-refractivity contribution in [1.29, 1.82) is 0 Å². The Hall–Kier alpha value is -2.47. The highest BCUT2D eigenvalue weighted by Crippen LogP contribution is 2.29. The lowest BCUT2D eigenvalue weighted by Gasteiger charge is -2.34. The maximum atomic E-state index is 13.4. The van der Waals surface area contributed by atoms with Crippen molar-refractivity contribution in [3.63, 3.8) is 0 Å². The predicted molar refractivity (Wildman–Crippen MR) is 115 cm³/mol. The number of hydrogen-bond acceptors (Lipinski definition) is 4. The summed E-state index contributed by atoms with van der Waals surface area (Å²) in [6.45, 7) is 8.49. The number of piperazine rings is 1. The molecule has 2 fully saturated rings. The van der Waals surface area contributed by atoms with Gasteiger partial charge in [0.15, 0.2) is 0 Å². The Labute approximate surface area is 172 Å². The second-order valence-corrected chi connectivity index (χ2v) is 8.29. The molecule has 2 amide bonds. The molecule has 1 aromatic carbocycles. The topological polar surface area (TPSA) is 65.5 Å². The Balaban J connectivity index is 1.61. The first-order valence-electron chi connectivity index (χ1n) is 10.8. The molecule has 2 aromatic rings. The summed E-state index contributed by atoms with van der Waals surface area (Å²) >= 11 is 0. The number of carbonyl (C=O) groups excluding carboxylic acids is 2. The molecule has 1 aliphatic heterocycles. The van der Waals surface area contributed by atoms with Crippen LogP contribution in [0.15, 0.2) is 24.3 Å². The third-order valence-electron chi connectivity index (χ3n) is 6.12. The van der Waals surface area contributed by atoms with Crippen molar-refractivity contribution in [3.8, 4) is 0 Å². The van der Waals surface area contributed by atoms with E-state index in [1.807, 2.05) is 36.1 Å². The van der Waals surface area contributed by atoms with Gasteiger partial charge in [0.2, 0.25) is 5.91 Å². The van der Waals surface area contributed by atoms with Gasteiger partial charge >= 0.3 is 0 Å². The van der Waals surface area contributed by atoms with Gasteiger partial charge in [-0.05, 0) is 50.9 Å². The summed E-state index contributed by atoms with van der Waals surface area (Å²) in [5.74, 6) is 0.174. The van der Waals surface area contributed by atoms with Gasteiger partial charge in [-0.3, -0.25) is 19.5 Å². The normalized spacial score (nSPS) is 17.9. The molecule has 2 aliphatic rings. The lowest BCUT2D eigenvalue weighted by molar-refractivity contribution is -0.122. The number of pyridine rings is 1. The van der Waals surface area contributed by atoms with Crippen LogP contribution in [0.5, 0.6) is 0 Å². The highest BCUT2D eigenvalue weighted by atomic mass is 16.2. The van der Waals surface area contributed by atoms with E-state index >= 15 is 0 Å². The summed E-state index contributed by atoms with van der Waals surface area (Å²) < 4.78 is 0. The Morgan fingerprint density at radius 1 is 1.14 bits per heavy atom. The van der Waals surface area contributed by atoms with E-state index in [0.717, 1.165) is 75.0 Å². The number of carbonyl (C=O) groups is 2. The molecule has 6 heteroatoms. The Morgan fingerprint density at radius 3 is 2.55 bits per heavy atom. The zero-order valence-corrected chi connectivity index (χ0v) is 17.4. The lowest BCUT2D eigenvalue weighted by Crippen LogP contribution is -2.48. The molecule has 0 unspecified atom stereocenters. The van der Waals surface area contributed by atoms with Gasteiger partial charge in [0, 0.05) is 48.9 Å². The zero-order valence-electron chi connectivity index (χ0n) is 17.4. The average Bonchev–Trinajstić information content (AvgIpc) is 2.66. The maximum Gasteiger partial charge on any atom is 0.254 e. The first-order valence-corrected chi connectivity index (χ1v) is 10.8. The number of aromatic nitrogens is 1. The standard InChI is InChI=1S/C23H30N4O2/c1-3-9-26-10-12-27(13-11-26)23(29)20-14-18(25-22(28)17-5-4-6-17)15-21-19(20)8-7-16(2)24-21/h7-8,14-15,17H,3-6,9-13H2,1-2H3,(H,25,28). The van der Waals surface area contributed by atoms with Gasteiger partial charge in [-0.1, -0.05) is 19.4 Å². The molecule has 6 nitrogen and oxygen atoms in total. The van der Waals surface area contributed by atoms with Crippen molar-refractivity contribution in [2.24, 2.45) is 5.92 Å². The molecular weight excluding hydrogens is 364 g/mol. The Bertz CT molecular complexity index is 914. The minimum absolute atomic E-state index is 0.0246. The van der Waals surface area contributed by atoms with E-state index in [9.17, 15) is 9.59 Å². The van der Waals surface area contributed by atoms with Gasteiger partial charge in [-0.2, -0.15) is 0 Å². The van der Waals surface area contributed by atoms with Gasteiger partial charge in [0.05, 0.1) is 11.1 Å². The van der Waals surface area contributed by atoms with Gasteiger partial charge in [-0.15, -0.1) is 0 Å². The number of fused-ring (bicyclic) bond motifs is 1. The molecule has 1 aromatic heterocycles. The summed E-state index contributed by atoms with van der Waals surface area (Å²) in [5, 5.41) is 3.87. The van der Waals surface area contributed by atoms with Crippen LogP contribution in [0.2, 0.25) is 0 Å². The van der Waals surface area contributed by atoms with Crippen molar-refractivity contribution in [2.75, 3.05) is 38.0 Å². The number of nitrogens with one attached hydrogen (secondary N) is 1. The van der Waals surface area contributed by atoms with Crippen LogP contribution < -0.4 is 5.32 Å². The number of benzene rings is 1. The molecule has 0 radical (unpaired) electrons. The molecule has 0 atom stereocenters. The fourth-order valence-corrected chi connectivity index (χ4v) is 4.16. The van der Waals surface area contributed by atoms with Crippen LogP contribution in [-0.4, -0.2) is 59.3 Å². The summed E-state index contributed by atoms with van der Waals surface area (Å²) in [6.07, 6.45) is 4.14. The van der Waals surface area contributed by atoms with Crippen LogP contribution in [0.25, 0.3) is 10.9 Å². The number of hydrogen-bond donors (Lipinski definition) is 1. The molecule has 1 aliphatic carbocycles. The van der Waals surface area contributed by atoms with E-state index < -0.39 is 0 Å². The van der Waals surface area contributed by atoms with Crippen LogP contribution in [-0.2, 0) is 4.79 Å². The van der Waals surface area contributed by atoms with Crippen LogP contribution in [0.3, 0.4) is 0 Å². The SMILES string of the molecule is CCCN1CCN(C(=O)c2cc(NC(=O)C3CCC3)cc3nc(C)ccc23)CC1. The second-order valence-electron chi connectivity index (χ2n) is 8.29. The van der Waals surface area contributed by atoms with Crippen LogP contribution in [0.4, 0.5) is 5.69 Å². The van der Waals surface area contributed by atoms with E-state index in [4.69, 9.17) is 0 Å². The fourth-order valence-electron chi connectivity index (χ4n) is 4.16. The van der Waals surface area contributed by atoms with E-state index in [1.165, 1.54) is 0 Å². The number of nitrogens with zero attached hydrogens (tertiary/aromatic N) is 3. The van der Waals surface area contributed by atoms with Crippen molar-refractivity contribution in [2.45, 2.75) is 39.5 Å². The number of aryl methyl sites for hydroxylation is 1. The minimum atomic E-state index is 0.0246. The predicted octanol–water partition coefficient (Wildman–Crippen LogP) is 3.45. The summed E-state index contributed by atoms with van der Waals surface area (Å²) in [4.78, 5) is 34.8. The second kappa shape index (κ2) is 8.49. The summed E-state index contributed by atoms with van der Waals surface area (Å²) in [6, 6.07) is 7.62. The monoisotopic (exact) mass is 394 g/mol. The smallest absolute Gasteiger partial charge is 0.254 e. The average molecular weight is 395 g/mol. The molecule has 1 saturated carbocycles. The van der Waals surface area contributed by atoms with Crippen molar-refractivity contribution in [1.82, 2.24) is 14.8 Å². The van der Waals surface area contributed by atoms with Crippen molar-refractivity contribution >= 4 is 28.4 Å². The van der Waals surface area contributed by atoms with Gasteiger partial charge < -0.3 is 10.2 Å². The van der Waals surface area contributed by atoms with Gasteiger partial charge in [0.1, 0.15) is 0 Å². The highest BCUT2D eigenvalue weighted by Gasteiger charge is 2.27. The first kappa shape index (κ1) is 19.8. The van der Waals surface area contributed by atoms with Gasteiger partial charge in [-0.25, -0.2) is 0 Å². The summed E-state index contributed by atoms with van der Waals surface area (Å²) in [5.41, 5.74) is 2.94. The van der Waals surface area contributed by atoms with E-state index in [2.05, 4.69) is 22.1 Å². The lowest BCUT2D eigenvalue weighted by atomic mass is 9.85. The molecular formula is C23H30N4O2. The Kier molecular flexibility index (Phi) is 5.81. The highest BCUT2D eigenvalue weighted by molar-refractivity contribution is 6.08. The molecule has 4 rings (SSSR count). The molecule has 1 saturated heterocycles. The number of anilines is 1. The third kappa shape index (κ3) is 4.27. The van der Waals surface area contributed by atoms with Crippen molar-refractivity contribution in [3.05, 3.63) is 35.5 Å². The van der Waals surface area contributed by atoms with Crippen LogP contribution in [0, 0.1) is 12.8 Å². The van der Waals surface area contributed by atoms with Crippen LogP contribution >= 0.6 is 0 Å². The van der Waals surface area contributed by atoms with Crippen molar-refractivity contribution < 1.29 is 9.59 Å². The molecule has 29 heavy (non-hydrogen) atoms. The molecule has 2 heterocycles. The van der Waals surface area contributed by atoms with E-state index in [0.29, 0.717) is 11.3 Å². The quantitative estimate of drug-likeness (QED) is 0.844. The first-order chi connectivity index (χ1) is 14.0. The third-order valence-corrected chi connectivity index (χ3v) is 6.12. The van der Waals surface area contributed by atoms with Gasteiger partial charge in [0.25, 0.3) is 5.91 Å². The van der Waals surface area contributed by atoms with E-state index in [-0.39, 0.29) is 17.7 Å². The largest absolute Gasteiger partial charge is 0.336 e. The number of rotatable bonds is 5. The maximum absolute atomic E-state index is 13.4. The number of amides is 2. The molecule has 0 bridgehead atoms. The summed E-state index contributed by atoms with van der Waals surface area (Å²) in [7, 11) is 0. The van der Waals surface area contributed by atoms with E-state index in [1.54, 1.807) is 0 Å². The zero-order chi connectivity index (χ0) is 20.4.